The van der Waals surface area contributed by atoms with Crippen molar-refractivity contribution < 1.29 is 9.90 Å². The predicted molar refractivity (Wildman–Crippen MR) is 78.3 cm³/mol. The van der Waals surface area contributed by atoms with Gasteiger partial charge in [-0.3, -0.25) is 4.79 Å². The van der Waals surface area contributed by atoms with E-state index in [0.29, 0.717) is 6.04 Å². The van der Waals surface area contributed by atoms with Crippen LogP contribution in [0.5, 0.6) is 0 Å². The van der Waals surface area contributed by atoms with Gasteiger partial charge >= 0.3 is 0 Å². The summed E-state index contributed by atoms with van der Waals surface area (Å²) in [7, 11) is 0. The van der Waals surface area contributed by atoms with E-state index in [-0.39, 0.29) is 30.5 Å². The van der Waals surface area contributed by atoms with Gasteiger partial charge in [-0.05, 0) is 44.4 Å². The third-order valence-corrected chi connectivity index (χ3v) is 5.69. The lowest BCUT2D eigenvalue weighted by atomic mass is 9.77. The van der Waals surface area contributed by atoms with E-state index in [2.05, 4.69) is 10.6 Å². The normalized spacial score (nSPS) is 41.1. The molecule has 0 radical (unpaired) electrons. The van der Waals surface area contributed by atoms with E-state index in [1.165, 1.54) is 32.1 Å². The van der Waals surface area contributed by atoms with E-state index in [1.807, 2.05) is 0 Å². The standard InChI is InChI=1S/C16H28N2O2/c19-10-12-5-3-7-14(12)18-16(20)15-9-8-11-4-1-2-6-13(11)17-15/h11-15,17,19H,1-10H2,(H,18,20). The monoisotopic (exact) mass is 280 g/mol. The molecule has 3 N–H and O–H groups in total. The van der Waals surface area contributed by atoms with Crippen molar-refractivity contribution in [3.05, 3.63) is 0 Å². The summed E-state index contributed by atoms with van der Waals surface area (Å²) in [5.41, 5.74) is 0. The summed E-state index contributed by atoms with van der Waals surface area (Å²) >= 11 is 0. The number of amides is 1. The van der Waals surface area contributed by atoms with Crippen LogP contribution in [-0.4, -0.2) is 35.7 Å². The second-order valence-corrected chi connectivity index (χ2v) is 6.94. The molecule has 4 heteroatoms. The fraction of sp³-hybridized carbons (Fsp3) is 0.938. The van der Waals surface area contributed by atoms with Crippen molar-refractivity contribution in [2.45, 2.75) is 75.9 Å². The molecule has 2 saturated carbocycles. The van der Waals surface area contributed by atoms with Gasteiger partial charge in [-0.25, -0.2) is 0 Å². The van der Waals surface area contributed by atoms with E-state index >= 15 is 0 Å². The zero-order valence-electron chi connectivity index (χ0n) is 12.3. The van der Waals surface area contributed by atoms with Crippen LogP contribution in [0.2, 0.25) is 0 Å². The molecule has 0 aromatic rings. The molecule has 114 valence electrons. The summed E-state index contributed by atoms with van der Waals surface area (Å²) in [6.07, 6.45) is 10.6. The van der Waals surface area contributed by atoms with E-state index in [1.54, 1.807) is 0 Å². The first-order valence-electron chi connectivity index (χ1n) is 8.45. The SMILES string of the molecule is O=C(NC1CCCC1CO)C1CCC2CCCCC2N1. The van der Waals surface area contributed by atoms with Crippen molar-refractivity contribution in [3.63, 3.8) is 0 Å². The van der Waals surface area contributed by atoms with Gasteiger partial charge in [0.15, 0.2) is 0 Å². The van der Waals surface area contributed by atoms with Crippen molar-refractivity contribution in [2.24, 2.45) is 11.8 Å². The molecular weight excluding hydrogens is 252 g/mol. The van der Waals surface area contributed by atoms with Gasteiger partial charge in [-0.1, -0.05) is 19.3 Å². The van der Waals surface area contributed by atoms with E-state index < -0.39 is 0 Å². The number of hydrogen-bond donors (Lipinski definition) is 3. The molecule has 3 rings (SSSR count). The van der Waals surface area contributed by atoms with Crippen LogP contribution in [0.3, 0.4) is 0 Å². The molecule has 1 heterocycles. The molecule has 3 aliphatic rings. The summed E-state index contributed by atoms with van der Waals surface area (Å²) in [5, 5.41) is 16.1. The summed E-state index contributed by atoms with van der Waals surface area (Å²) in [6, 6.07) is 0.748. The molecule has 1 aliphatic heterocycles. The van der Waals surface area contributed by atoms with Crippen molar-refractivity contribution in [1.82, 2.24) is 10.6 Å². The number of piperidine rings is 1. The molecular formula is C16H28N2O2. The largest absolute Gasteiger partial charge is 0.396 e. The average molecular weight is 280 g/mol. The highest BCUT2D eigenvalue weighted by atomic mass is 16.3. The molecule has 0 spiro atoms. The van der Waals surface area contributed by atoms with Gasteiger partial charge in [0.2, 0.25) is 5.91 Å². The van der Waals surface area contributed by atoms with Crippen LogP contribution < -0.4 is 10.6 Å². The first-order chi connectivity index (χ1) is 9.78. The van der Waals surface area contributed by atoms with Crippen LogP contribution in [0.15, 0.2) is 0 Å². The number of rotatable bonds is 3. The highest BCUT2D eigenvalue weighted by molar-refractivity contribution is 5.82. The molecule has 1 saturated heterocycles. The minimum atomic E-state index is -0.00528. The smallest absolute Gasteiger partial charge is 0.237 e. The molecule has 0 aromatic heterocycles. The minimum absolute atomic E-state index is 0.00528. The Labute approximate surface area is 121 Å². The Hall–Kier alpha value is -0.610. The second kappa shape index (κ2) is 6.44. The van der Waals surface area contributed by atoms with Gasteiger partial charge < -0.3 is 15.7 Å². The van der Waals surface area contributed by atoms with Crippen molar-refractivity contribution >= 4 is 5.91 Å². The van der Waals surface area contributed by atoms with Crippen molar-refractivity contribution in [2.75, 3.05) is 6.61 Å². The maximum absolute atomic E-state index is 12.4. The van der Waals surface area contributed by atoms with Crippen LogP contribution in [0.4, 0.5) is 0 Å². The molecule has 2 aliphatic carbocycles. The molecule has 3 fully saturated rings. The number of fused-ring (bicyclic) bond motifs is 1. The zero-order valence-corrected chi connectivity index (χ0v) is 12.3. The summed E-state index contributed by atoms with van der Waals surface area (Å²) in [4.78, 5) is 12.4. The summed E-state index contributed by atoms with van der Waals surface area (Å²) in [6.45, 7) is 0.202. The minimum Gasteiger partial charge on any atom is -0.396 e. The number of carbonyl (C=O) groups excluding carboxylic acids is 1. The van der Waals surface area contributed by atoms with Crippen LogP contribution in [0.1, 0.15) is 57.8 Å². The second-order valence-electron chi connectivity index (χ2n) is 6.94. The fourth-order valence-corrected chi connectivity index (χ4v) is 4.43. The van der Waals surface area contributed by atoms with Crippen molar-refractivity contribution in [3.8, 4) is 0 Å². The van der Waals surface area contributed by atoms with Crippen LogP contribution in [0, 0.1) is 11.8 Å². The predicted octanol–water partition coefficient (Wildman–Crippen LogP) is 1.57. The molecule has 5 atom stereocenters. The number of hydrogen-bond acceptors (Lipinski definition) is 3. The van der Waals surface area contributed by atoms with Gasteiger partial charge in [-0.2, -0.15) is 0 Å². The van der Waals surface area contributed by atoms with Crippen LogP contribution in [-0.2, 0) is 4.79 Å². The van der Waals surface area contributed by atoms with Crippen LogP contribution in [0.25, 0.3) is 0 Å². The average Bonchev–Trinajstić information content (AvgIpc) is 2.94. The molecule has 5 unspecified atom stereocenters. The zero-order chi connectivity index (χ0) is 13.9. The van der Waals surface area contributed by atoms with Gasteiger partial charge in [0.1, 0.15) is 0 Å². The summed E-state index contributed by atoms with van der Waals surface area (Å²) in [5.74, 6) is 1.23. The third-order valence-electron chi connectivity index (χ3n) is 5.69. The Morgan fingerprint density at radius 2 is 1.90 bits per heavy atom. The molecule has 0 aromatic carbocycles. The Kier molecular flexibility index (Phi) is 4.61. The van der Waals surface area contributed by atoms with Gasteiger partial charge in [0, 0.05) is 24.6 Å². The van der Waals surface area contributed by atoms with E-state index in [9.17, 15) is 9.90 Å². The molecule has 0 bridgehead atoms. The molecule has 1 amide bonds. The quantitative estimate of drug-likeness (QED) is 0.735. The Balaban J connectivity index is 1.52. The summed E-state index contributed by atoms with van der Waals surface area (Å²) < 4.78 is 0. The van der Waals surface area contributed by atoms with Gasteiger partial charge in [0.05, 0.1) is 6.04 Å². The number of nitrogens with one attached hydrogen (secondary N) is 2. The third kappa shape index (κ3) is 3.01. The van der Waals surface area contributed by atoms with Crippen molar-refractivity contribution in [1.29, 1.82) is 0 Å². The Morgan fingerprint density at radius 3 is 2.75 bits per heavy atom. The lowest BCUT2D eigenvalue weighted by molar-refractivity contribution is -0.125. The van der Waals surface area contributed by atoms with Gasteiger partial charge in [-0.15, -0.1) is 0 Å². The highest BCUT2D eigenvalue weighted by Crippen LogP contribution is 2.32. The lowest BCUT2D eigenvalue weighted by Gasteiger charge is -2.40. The first kappa shape index (κ1) is 14.3. The highest BCUT2D eigenvalue weighted by Gasteiger charge is 2.36. The van der Waals surface area contributed by atoms with E-state index in [4.69, 9.17) is 0 Å². The van der Waals surface area contributed by atoms with E-state index in [0.717, 1.165) is 31.6 Å². The van der Waals surface area contributed by atoms with Crippen LogP contribution >= 0.6 is 0 Å². The fourth-order valence-electron chi connectivity index (χ4n) is 4.43. The lowest BCUT2D eigenvalue weighted by Crippen LogP contribution is -2.56. The number of carbonyl (C=O) groups is 1. The number of aliphatic hydroxyl groups is 1. The Morgan fingerprint density at radius 1 is 1.05 bits per heavy atom. The van der Waals surface area contributed by atoms with Gasteiger partial charge in [0.25, 0.3) is 0 Å². The first-order valence-corrected chi connectivity index (χ1v) is 8.45. The maximum atomic E-state index is 12.4. The number of aliphatic hydroxyl groups excluding tert-OH is 1. The maximum Gasteiger partial charge on any atom is 0.237 e. The Bertz CT molecular complexity index is 347. The molecule has 4 nitrogen and oxygen atoms in total. The topological polar surface area (TPSA) is 61.4 Å². The molecule has 20 heavy (non-hydrogen) atoms.